The molecule has 4 heteroatoms. The van der Waals surface area contributed by atoms with Gasteiger partial charge in [0.2, 0.25) is 0 Å². The zero-order chi connectivity index (χ0) is 12.5. The summed E-state index contributed by atoms with van der Waals surface area (Å²) in [6.45, 7) is 5.83. The van der Waals surface area contributed by atoms with E-state index in [1.807, 2.05) is 18.2 Å². The fourth-order valence-corrected chi connectivity index (χ4v) is 2.25. The van der Waals surface area contributed by atoms with Crippen LogP contribution in [0.5, 0.6) is 5.75 Å². The van der Waals surface area contributed by atoms with Crippen LogP contribution < -0.4 is 9.82 Å². The van der Waals surface area contributed by atoms with Gasteiger partial charge in [-0.05, 0) is 30.6 Å². The maximum atomic E-state index is 8.78. The Bertz CT molecular complexity index is 320. The summed E-state index contributed by atoms with van der Waals surface area (Å²) in [6, 6.07) is 8.06. The predicted molar refractivity (Wildman–Crippen MR) is 74.1 cm³/mol. The number of para-hydroxylation sites is 1. The molecule has 2 atom stereocenters. The van der Waals surface area contributed by atoms with Crippen molar-refractivity contribution in [3.8, 4) is 5.75 Å². The fourth-order valence-electron chi connectivity index (χ4n) is 1.69. The molecule has 0 bridgehead atoms. The van der Waals surface area contributed by atoms with Crippen LogP contribution in [0, 0.1) is 5.92 Å². The first kappa shape index (κ1) is 14.4. The van der Waals surface area contributed by atoms with Crippen molar-refractivity contribution >= 4 is 8.73 Å². The monoisotopic (exact) mass is 255 g/mol. The molecule has 0 aromatic heterocycles. The third-order valence-electron chi connectivity index (χ3n) is 2.52. The van der Waals surface area contributed by atoms with Gasteiger partial charge in [-0.1, -0.05) is 33.9 Å². The van der Waals surface area contributed by atoms with Crippen LogP contribution in [0.25, 0.3) is 0 Å². The van der Waals surface area contributed by atoms with E-state index in [4.69, 9.17) is 9.84 Å². The Morgan fingerprint density at radius 2 is 2.18 bits per heavy atom. The summed E-state index contributed by atoms with van der Waals surface area (Å²) in [6.07, 6.45) is 0.999. The van der Waals surface area contributed by atoms with Crippen LogP contribution in [0.15, 0.2) is 24.3 Å². The van der Waals surface area contributed by atoms with Crippen LogP contribution >= 0.6 is 8.73 Å². The molecule has 2 unspecified atom stereocenters. The molecule has 0 heterocycles. The number of hydrogen-bond acceptors (Lipinski definition) is 3. The molecule has 1 aromatic carbocycles. The fraction of sp³-hybridized carbons (Fsp3) is 0.538. The maximum absolute atomic E-state index is 8.78. The second-order valence-corrected chi connectivity index (χ2v) is 4.97. The Morgan fingerprint density at radius 1 is 1.41 bits per heavy atom. The number of rotatable bonds is 8. The maximum Gasteiger partial charge on any atom is 0.122 e. The van der Waals surface area contributed by atoms with Gasteiger partial charge in [0.05, 0.1) is 6.61 Å². The van der Waals surface area contributed by atoms with Crippen molar-refractivity contribution in [1.29, 1.82) is 0 Å². The van der Waals surface area contributed by atoms with Gasteiger partial charge >= 0.3 is 0 Å². The van der Waals surface area contributed by atoms with Gasteiger partial charge in [0, 0.05) is 6.54 Å². The molecule has 0 amide bonds. The smallest absolute Gasteiger partial charge is 0.122 e. The lowest BCUT2D eigenvalue weighted by Crippen LogP contribution is -2.15. The molecule has 1 aromatic rings. The Hall–Kier alpha value is -0.630. The van der Waals surface area contributed by atoms with E-state index in [0.29, 0.717) is 12.5 Å². The highest BCUT2D eigenvalue weighted by Gasteiger charge is 2.07. The number of aliphatic hydroxyl groups excluding tert-OH is 1. The normalized spacial score (nSPS) is 13.1. The molecular weight excluding hydrogens is 233 g/mol. The second kappa shape index (κ2) is 8.46. The van der Waals surface area contributed by atoms with Crippen LogP contribution in [0.4, 0.5) is 0 Å². The third kappa shape index (κ3) is 5.49. The highest BCUT2D eigenvalue weighted by Crippen LogP contribution is 2.21. The molecule has 0 fully saturated rings. The van der Waals surface area contributed by atoms with Crippen LogP contribution in [-0.2, 0) is 6.42 Å². The Labute approximate surface area is 105 Å². The van der Waals surface area contributed by atoms with E-state index >= 15 is 0 Å². The molecule has 0 aliphatic heterocycles. The quantitative estimate of drug-likeness (QED) is 0.699. The van der Waals surface area contributed by atoms with E-state index in [1.54, 1.807) is 0 Å². The van der Waals surface area contributed by atoms with Crippen LogP contribution in [0.1, 0.15) is 12.5 Å². The average Bonchev–Trinajstić information content (AvgIpc) is 2.35. The molecule has 0 saturated heterocycles. The zero-order valence-corrected chi connectivity index (χ0v) is 11.6. The first-order chi connectivity index (χ1) is 8.27. The Balaban J connectivity index is 2.56. The first-order valence-electron chi connectivity index (χ1n) is 5.99. The summed E-state index contributed by atoms with van der Waals surface area (Å²) in [5.41, 5.74) is 1.22. The highest BCUT2D eigenvalue weighted by atomic mass is 31.1. The number of aliphatic hydroxyl groups is 1. The van der Waals surface area contributed by atoms with E-state index in [9.17, 15) is 0 Å². The summed E-state index contributed by atoms with van der Waals surface area (Å²) in [4.78, 5) is 0. The summed E-state index contributed by atoms with van der Waals surface area (Å²) >= 11 is 0. The molecule has 0 radical (unpaired) electrons. The molecule has 0 saturated carbocycles. The van der Waals surface area contributed by atoms with E-state index in [1.165, 1.54) is 5.56 Å². The van der Waals surface area contributed by atoms with Crippen LogP contribution in [-0.4, -0.2) is 31.5 Å². The first-order valence-corrected chi connectivity index (χ1v) is 7.49. The number of hydrogen-bond donors (Lipinski definition) is 2. The Morgan fingerprint density at radius 3 is 2.88 bits per heavy atom. The zero-order valence-electron chi connectivity index (χ0n) is 10.6. The van der Waals surface area contributed by atoms with Crippen molar-refractivity contribution in [1.82, 2.24) is 5.09 Å². The minimum Gasteiger partial charge on any atom is -0.491 e. The number of benzene rings is 1. The minimum atomic E-state index is 0.0579. The predicted octanol–water partition coefficient (Wildman–Crippen LogP) is 2.05. The van der Waals surface area contributed by atoms with Crippen molar-refractivity contribution in [2.75, 3.05) is 26.4 Å². The van der Waals surface area contributed by atoms with E-state index in [-0.39, 0.29) is 6.61 Å². The lowest BCUT2D eigenvalue weighted by molar-refractivity contribution is 0.200. The lowest BCUT2D eigenvalue weighted by atomic mass is 10.0. The van der Waals surface area contributed by atoms with Crippen LogP contribution in [0.3, 0.4) is 0 Å². The van der Waals surface area contributed by atoms with E-state index < -0.39 is 0 Å². The van der Waals surface area contributed by atoms with Crippen molar-refractivity contribution in [3.63, 3.8) is 0 Å². The lowest BCUT2D eigenvalue weighted by Gasteiger charge is -2.15. The van der Waals surface area contributed by atoms with Gasteiger partial charge in [-0.25, -0.2) is 0 Å². The van der Waals surface area contributed by atoms with Gasteiger partial charge < -0.3 is 9.84 Å². The van der Waals surface area contributed by atoms with Gasteiger partial charge in [-0.2, -0.15) is 0 Å². The Kier molecular flexibility index (Phi) is 7.18. The van der Waals surface area contributed by atoms with Gasteiger partial charge in [-0.3, -0.25) is 5.09 Å². The summed E-state index contributed by atoms with van der Waals surface area (Å²) in [7, 11) is 0.794. The largest absolute Gasteiger partial charge is 0.491 e. The minimum absolute atomic E-state index is 0.0579. The summed E-state index contributed by atoms with van der Waals surface area (Å²) < 4.78 is 5.52. The molecule has 2 N–H and O–H groups in total. The standard InChI is InChI=1S/C13H22NO2P/c1-11(10-14-17-2)9-12-5-3-4-6-13(12)16-8-7-15/h3-6,11,14-15,17H,7-10H2,1-2H3. The highest BCUT2D eigenvalue weighted by molar-refractivity contribution is 7.34. The third-order valence-corrected chi connectivity index (χ3v) is 3.07. The number of nitrogens with one attached hydrogen (secondary N) is 1. The van der Waals surface area contributed by atoms with Crippen molar-refractivity contribution < 1.29 is 9.84 Å². The van der Waals surface area contributed by atoms with Gasteiger partial charge in [-0.15, -0.1) is 0 Å². The molecule has 0 aliphatic carbocycles. The molecule has 96 valence electrons. The molecule has 0 aliphatic rings. The van der Waals surface area contributed by atoms with Gasteiger partial charge in [0.25, 0.3) is 0 Å². The summed E-state index contributed by atoms with van der Waals surface area (Å²) in [5.74, 6) is 1.48. The second-order valence-electron chi connectivity index (χ2n) is 4.12. The molecular formula is C13H22NO2P. The van der Waals surface area contributed by atoms with E-state index in [0.717, 1.165) is 27.4 Å². The van der Waals surface area contributed by atoms with Gasteiger partial charge in [0.1, 0.15) is 12.4 Å². The molecule has 1 rings (SSSR count). The summed E-state index contributed by atoms with van der Waals surface area (Å²) in [5, 5.41) is 12.2. The molecule has 17 heavy (non-hydrogen) atoms. The van der Waals surface area contributed by atoms with Crippen molar-refractivity contribution in [2.45, 2.75) is 13.3 Å². The SMILES string of the molecule is CPNCC(C)Cc1ccccc1OCCO. The van der Waals surface area contributed by atoms with Crippen molar-refractivity contribution in [2.24, 2.45) is 5.92 Å². The van der Waals surface area contributed by atoms with Crippen molar-refractivity contribution in [3.05, 3.63) is 29.8 Å². The topological polar surface area (TPSA) is 41.5 Å². The average molecular weight is 255 g/mol. The van der Waals surface area contributed by atoms with Crippen LogP contribution in [0.2, 0.25) is 0 Å². The van der Waals surface area contributed by atoms with Gasteiger partial charge in [0.15, 0.2) is 0 Å². The number of ether oxygens (including phenoxy) is 1. The molecule has 3 nitrogen and oxygen atoms in total. The molecule has 0 spiro atoms. The van der Waals surface area contributed by atoms with E-state index in [2.05, 4.69) is 24.7 Å².